The Hall–Kier alpha value is 1.11. The maximum absolute atomic E-state index is 5.37. The van der Waals surface area contributed by atoms with Crippen molar-refractivity contribution in [3.05, 3.63) is 0 Å². The molecule has 4 nitrogen and oxygen atoms in total. The van der Waals surface area contributed by atoms with Crippen LogP contribution in [-0.2, 0) is 16.5 Å². The second-order valence-electron chi connectivity index (χ2n) is 2.38. The Bertz CT molecular complexity index is 87.0. The van der Waals surface area contributed by atoms with E-state index in [4.69, 9.17) is 24.6 Å². The number of nitrogens with zero attached hydrogens (tertiary/aromatic N) is 1. The minimum absolute atomic E-state index is 0. The van der Waals surface area contributed by atoms with Crippen LogP contribution in [0.4, 0.5) is 0 Å². The van der Waals surface area contributed by atoms with E-state index in [-0.39, 0.29) is 11.0 Å². The molecule has 13 heavy (non-hydrogen) atoms. The Balaban J connectivity index is -0.000000180. The molecule has 0 spiro atoms. The average Bonchev–Trinajstić information content (AvgIpc) is 2.42. The average molecular weight is 416 g/mol. The molecule has 1 rings (SSSR count). The van der Waals surface area contributed by atoms with E-state index >= 15 is 0 Å². The summed E-state index contributed by atoms with van der Waals surface area (Å²) >= 11 is -0.472. The van der Waals surface area contributed by atoms with Crippen LogP contribution in [-0.4, -0.2) is 42.0 Å². The summed E-state index contributed by atoms with van der Waals surface area (Å²) in [5, 5.41) is 0. The van der Waals surface area contributed by atoms with Crippen LogP contribution in [0.5, 0.6) is 0 Å². The second kappa shape index (κ2) is 15.6. The Kier molecular flexibility index (Phi) is 23.5. The summed E-state index contributed by atoms with van der Waals surface area (Å²) in [5.41, 5.74) is 5.37. The van der Waals surface area contributed by atoms with Crippen LogP contribution >= 0.6 is 18.8 Å². The molecule has 1 saturated heterocycles. The Morgan fingerprint density at radius 3 is 1.85 bits per heavy atom. The third-order valence-corrected chi connectivity index (χ3v) is 1.64. The molecule has 0 aromatic carbocycles. The van der Waals surface area contributed by atoms with Crippen LogP contribution in [0.25, 0.3) is 0 Å². The molecule has 1 fully saturated rings. The number of nitrogens with two attached hydrogens (primary N) is 1. The quantitative estimate of drug-likeness (QED) is 0.674. The minimum atomic E-state index is -0.472. The molecule has 6 N–H and O–H groups in total. The first-order valence-corrected chi connectivity index (χ1v) is 9.23. The van der Waals surface area contributed by atoms with E-state index < -0.39 is 16.5 Å². The van der Waals surface area contributed by atoms with Crippen LogP contribution in [0, 0.1) is 0 Å². The standard InChI is InChI=1S/C6H14N2.2ClH.2H2O.Pt/c7-3-6-8-4-1-2-5-8;;;;;/h1-7H2;2*1H;2*1H2;/q;;;;;+2/p-2. The van der Waals surface area contributed by atoms with Crippen molar-refractivity contribution >= 4 is 18.8 Å². The molecule has 0 saturated carbocycles. The first-order chi connectivity index (χ1) is 5.35. The maximum atomic E-state index is 5.37. The zero-order chi connectivity index (χ0) is 8.53. The molecule has 7 heteroatoms. The van der Waals surface area contributed by atoms with E-state index in [0.29, 0.717) is 0 Å². The van der Waals surface area contributed by atoms with Crippen molar-refractivity contribution < 1.29 is 27.4 Å². The number of hydrogen-bond donors (Lipinski definition) is 1. The van der Waals surface area contributed by atoms with Gasteiger partial charge in [-0.1, -0.05) is 0 Å². The zero-order valence-electron chi connectivity index (χ0n) is 7.34. The summed E-state index contributed by atoms with van der Waals surface area (Å²) in [7, 11) is 9.75. The molecule has 1 heterocycles. The summed E-state index contributed by atoms with van der Waals surface area (Å²) < 4.78 is 0. The van der Waals surface area contributed by atoms with E-state index in [1.54, 1.807) is 0 Å². The van der Waals surface area contributed by atoms with E-state index in [2.05, 4.69) is 4.90 Å². The molecule has 0 aromatic rings. The van der Waals surface area contributed by atoms with E-state index in [9.17, 15) is 0 Å². The second-order valence-corrected chi connectivity index (χ2v) is 5.67. The molecular formula is C6H18Cl2N2O2Pt. The Morgan fingerprint density at radius 2 is 1.54 bits per heavy atom. The van der Waals surface area contributed by atoms with Gasteiger partial charge in [-0.2, -0.15) is 0 Å². The predicted molar refractivity (Wildman–Crippen MR) is 53.7 cm³/mol. The molecule has 0 bridgehead atoms. The van der Waals surface area contributed by atoms with Crippen molar-refractivity contribution in [3.63, 3.8) is 0 Å². The third-order valence-electron chi connectivity index (χ3n) is 1.64. The Morgan fingerprint density at radius 1 is 1.15 bits per heavy atom. The normalized spacial score (nSPS) is 15.3. The summed E-state index contributed by atoms with van der Waals surface area (Å²) in [6.07, 6.45) is 2.75. The van der Waals surface area contributed by atoms with E-state index in [1.165, 1.54) is 25.9 Å². The van der Waals surface area contributed by atoms with Crippen molar-refractivity contribution in [1.29, 1.82) is 0 Å². The van der Waals surface area contributed by atoms with Gasteiger partial charge in [-0.05, 0) is 25.9 Å². The van der Waals surface area contributed by atoms with Gasteiger partial charge in [0.1, 0.15) is 0 Å². The van der Waals surface area contributed by atoms with Gasteiger partial charge in [-0.25, -0.2) is 0 Å². The fourth-order valence-corrected chi connectivity index (χ4v) is 1.19. The fourth-order valence-electron chi connectivity index (χ4n) is 1.19. The van der Waals surface area contributed by atoms with Crippen molar-refractivity contribution in [1.82, 2.24) is 4.90 Å². The van der Waals surface area contributed by atoms with Gasteiger partial charge in [0.15, 0.2) is 0 Å². The van der Waals surface area contributed by atoms with Crippen LogP contribution in [0.2, 0.25) is 0 Å². The monoisotopic (exact) mass is 415 g/mol. The summed E-state index contributed by atoms with van der Waals surface area (Å²) in [5.74, 6) is 0. The van der Waals surface area contributed by atoms with Crippen molar-refractivity contribution in [2.75, 3.05) is 26.2 Å². The molecule has 0 atom stereocenters. The molecule has 0 radical (unpaired) electrons. The predicted octanol–water partition coefficient (Wildman–Crippen LogP) is -0.232. The molecular weight excluding hydrogens is 398 g/mol. The van der Waals surface area contributed by atoms with E-state index in [0.717, 1.165) is 13.1 Å². The number of halogens is 2. The van der Waals surface area contributed by atoms with Gasteiger partial charge in [0, 0.05) is 13.1 Å². The van der Waals surface area contributed by atoms with Gasteiger partial charge in [-0.15, -0.1) is 0 Å². The Labute approximate surface area is 95.8 Å². The van der Waals surface area contributed by atoms with Crippen molar-refractivity contribution in [3.8, 4) is 0 Å². The number of likely N-dealkylation sites (tertiary alicyclic amines) is 1. The van der Waals surface area contributed by atoms with Crippen LogP contribution in [0.3, 0.4) is 0 Å². The first kappa shape index (κ1) is 19.6. The van der Waals surface area contributed by atoms with Crippen molar-refractivity contribution in [2.45, 2.75) is 12.8 Å². The van der Waals surface area contributed by atoms with Crippen LogP contribution in [0.15, 0.2) is 0 Å². The molecule has 1 aliphatic heterocycles. The van der Waals surface area contributed by atoms with Gasteiger partial charge >= 0.3 is 35.3 Å². The van der Waals surface area contributed by atoms with Crippen LogP contribution < -0.4 is 5.73 Å². The van der Waals surface area contributed by atoms with Gasteiger partial charge < -0.3 is 21.6 Å². The molecule has 0 amide bonds. The van der Waals surface area contributed by atoms with Crippen molar-refractivity contribution in [2.24, 2.45) is 5.73 Å². The van der Waals surface area contributed by atoms with Gasteiger partial charge in [0.05, 0.1) is 0 Å². The summed E-state index contributed by atoms with van der Waals surface area (Å²) in [6, 6.07) is 0. The number of rotatable bonds is 2. The van der Waals surface area contributed by atoms with Crippen LogP contribution in [0.1, 0.15) is 12.8 Å². The molecule has 0 aromatic heterocycles. The number of hydrogen-bond acceptors (Lipinski definition) is 2. The summed E-state index contributed by atoms with van der Waals surface area (Å²) in [6.45, 7) is 4.47. The third kappa shape index (κ3) is 13.1. The molecule has 0 aliphatic carbocycles. The topological polar surface area (TPSA) is 92.3 Å². The first-order valence-electron chi connectivity index (χ1n) is 3.60. The molecule has 0 unspecified atom stereocenters. The fraction of sp³-hybridized carbons (Fsp3) is 1.00. The zero-order valence-corrected chi connectivity index (χ0v) is 11.1. The van der Waals surface area contributed by atoms with Gasteiger partial charge in [0.25, 0.3) is 0 Å². The SMILES string of the molecule is NCCN1CCCC1.O.O.[Cl][Pt][Cl]. The van der Waals surface area contributed by atoms with Gasteiger partial charge in [-0.3, -0.25) is 0 Å². The van der Waals surface area contributed by atoms with Gasteiger partial charge in [0.2, 0.25) is 0 Å². The molecule has 1 aliphatic rings. The summed E-state index contributed by atoms with van der Waals surface area (Å²) in [4.78, 5) is 2.42. The molecule has 88 valence electrons. The van der Waals surface area contributed by atoms with E-state index in [1.807, 2.05) is 0 Å².